The molecule has 0 atom stereocenters. The van der Waals surface area contributed by atoms with Gasteiger partial charge in [0.25, 0.3) is 15.9 Å². The van der Waals surface area contributed by atoms with Crippen molar-refractivity contribution >= 4 is 15.9 Å². The molecule has 0 aromatic carbocycles. The number of ether oxygens (including phenoxy) is 1. The van der Waals surface area contributed by atoms with Crippen LogP contribution in [0.3, 0.4) is 0 Å². The number of amides is 1. The summed E-state index contributed by atoms with van der Waals surface area (Å²) in [5.74, 6) is -0.436. The SMILES string of the molecule is C=CCN(CC=C)C(=O)c1ccc(S(=O)(=O)N2CCOCC2)o1. The van der Waals surface area contributed by atoms with Crippen LogP contribution in [0, 0.1) is 0 Å². The summed E-state index contributed by atoms with van der Waals surface area (Å²) in [5, 5.41) is -0.236. The summed E-state index contributed by atoms with van der Waals surface area (Å²) in [7, 11) is -3.75. The predicted octanol–water partition coefficient (Wildman–Crippen LogP) is 1.11. The van der Waals surface area contributed by atoms with Crippen LogP contribution in [0.15, 0.2) is 47.0 Å². The van der Waals surface area contributed by atoms with E-state index in [0.29, 0.717) is 26.3 Å². The molecule has 1 aromatic rings. The van der Waals surface area contributed by atoms with Gasteiger partial charge < -0.3 is 14.1 Å². The standard InChI is InChI=1S/C15H20N2O5S/c1-3-7-16(8-4-2)15(18)13-5-6-14(22-13)23(19,20)17-9-11-21-12-10-17/h3-6H,1-2,7-12H2. The molecular formula is C15H20N2O5S. The number of carbonyl (C=O) groups is 1. The fourth-order valence-electron chi connectivity index (χ4n) is 2.20. The summed E-state index contributed by atoms with van der Waals surface area (Å²) in [5.41, 5.74) is 0. The molecule has 23 heavy (non-hydrogen) atoms. The summed E-state index contributed by atoms with van der Waals surface area (Å²) in [6.45, 7) is 9.04. The Morgan fingerprint density at radius 2 is 1.83 bits per heavy atom. The number of furan rings is 1. The Kier molecular flexibility index (Phi) is 5.75. The van der Waals surface area contributed by atoms with Gasteiger partial charge in [-0.1, -0.05) is 12.2 Å². The highest BCUT2D eigenvalue weighted by molar-refractivity contribution is 7.89. The van der Waals surface area contributed by atoms with E-state index in [-0.39, 0.29) is 23.9 Å². The third-order valence-electron chi connectivity index (χ3n) is 3.34. The van der Waals surface area contributed by atoms with Gasteiger partial charge in [-0.3, -0.25) is 4.79 Å². The lowest BCUT2D eigenvalue weighted by atomic mass is 10.3. The van der Waals surface area contributed by atoms with Gasteiger partial charge in [-0.15, -0.1) is 13.2 Å². The minimum atomic E-state index is -3.75. The monoisotopic (exact) mass is 340 g/mol. The molecule has 1 aromatic heterocycles. The molecule has 1 aliphatic rings. The second-order valence-electron chi connectivity index (χ2n) is 4.92. The van der Waals surface area contributed by atoms with E-state index < -0.39 is 15.9 Å². The third-order valence-corrected chi connectivity index (χ3v) is 5.12. The molecule has 0 spiro atoms. The molecule has 1 fully saturated rings. The van der Waals surface area contributed by atoms with Crippen molar-refractivity contribution in [2.45, 2.75) is 5.09 Å². The van der Waals surface area contributed by atoms with Crippen LogP contribution in [-0.4, -0.2) is 62.9 Å². The minimum absolute atomic E-state index is 0.0273. The second-order valence-corrected chi connectivity index (χ2v) is 6.79. The Morgan fingerprint density at radius 3 is 2.39 bits per heavy atom. The van der Waals surface area contributed by atoms with Gasteiger partial charge in [0.1, 0.15) is 0 Å². The van der Waals surface area contributed by atoms with Gasteiger partial charge in [0, 0.05) is 26.2 Å². The number of hydrogen-bond acceptors (Lipinski definition) is 5. The number of carbonyl (C=O) groups excluding carboxylic acids is 1. The summed E-state index contributed by atoms with van der Waals surface area (Å²) < 4.78 is 36.7. The second kappa shape index (κ2) is 7.58. The van der Waals surface area contributed by atoms with Crippen LogP contribution < -0.4 is 0 Å². The van der Waals surface area contributed by atoms with E-state index in [1.54, 1.807) is 12.2 Å². The number of morpholine rings is 1. The van der Waals surface area contributed by atoms with Crippen LogP contribution in [0.2, 0.25) is 0 Å². The average molecular weight is 340 g/mol. The van der Waals surface area contributed by atoms with Crippen molar-refractivity contribution < 1.29 is 22.4 Å². The highest BCUT2D eigenvalue weighted by atomic mass is 32.2. The largest absolute Gasteiger partial charge is 0.438 e. The van der Waals surface area contributed by atoms with E-state index in [4.69, 9.17) is 9.15 Å². The van der Waals surface area contributed by atoms with Crippen molar-refractivity contribution in [3.05, 3.63) is 43.2 Å². The van der Waals surface area contributed by atoms with Gasteiger partial charge in [0.05, 0.1) is 13.2 Å². The quantitative estimate of drug-likeness (QED) is 0.695. The van der Waals surface area contributed by atoms with E-state index in [1.165, 1.54) is 21.3 Å². The smallest absolute Gasteiger partial charge is 0.290 e. The lowest BCUT2D eigenvalue weighted by molar-refractivity contribution is 0.0715. The fourth-order valence-corrected chi connectivity index (χ4v) is 3.52. The molecule has 1 amide bonds. The van der Waals surface area contributed by atoms with E-state index in [1.807, 2.05) is 0 Å². The Morgan fingerprint density at radius 1 is 1.22 bits per heavy atom. The molecule has 0 unspecified atom stereocenters. The molecule has 8 heteroatoms. The molecule has 0 radical (unpaired) electrons. The molecule has 0 N–H and O–H groups in total. The van der Waals surface area contributed by atoms with Crippen molar-refractivity contribution in [3.63, 3.8) is 0 Å². The number of hydrogen-bond donors (Lipinski definition) is 0. The van der Waals surface area contributed by atoms with Gasteiger partial charge >= 0.3 is 0 Å². The number of rotatable bonds is 7. The Bertz CT molecular complexity index is 664. The maximum atomic E-state index is 12.5. The van der Waals surface area contributed by atoms with Crippen molar-refractivity contribution in [1.82, 2.24) is 9.21 Å². The zero-order valence-corrected chi connectivity index (χ0v) is 13.6. The fraction of sp³-hybridized carbons (Fsp3) is 0.400. The molecule has 1 saturated heterocycles. The summed E-state index contributed by atoms with van der Waals surface area (Å²) in [6, 6.07) is 2.67. The van der Waals surface area contributed by atoms with Gasteiger partial charge in [0.15, 0.2) is 5.76 Å². The summed E-state index contributed by atoms with van der Waals surface area (Å²) in [4.78, 5) is 13.8. The van der Waals surface area contributed by atoms with Crippen molar-refractivity contribution in [3.8, 4) is 0 Å². The molecule has 0 saturated carbocycles. The topological polar surface area (TPSA) is 80.1 Å². The predicted molar refractivity (Wildman–Crippen MR) is 84.6 cm³/mol. The van der Waals surface area contributed by atoms with Crippen LogP contribution in [-0.2, 0) is 14.8 Å². The molecule has 1 aliphatic heterocycles. The Hall–Kier alpha value is -1.90. The lowest BCUT2D eigenvalue weighted by Gasteiger charge is -2.24. The highest BCUT2D eigenvalue weighted by Crippen LogP contribution is 2.20. The van der Waals surface area contributed by atoms with E-state index in [2.05, 4.69) is 13.2 Å². The van der Waals surface area contributed by atoms with Crippen molar-refractivity contribution in [2.75, 3.05) is 39.4 Å². The zero-order valence-electron chi connectivity index (χ0n) is 12.8. The highest BCUT2D eigenvalue weighted by Gasteiger charge is 2.30. The van der Waals surface area contributed by atoms with Gasteiger partial charge in [-0.25, -0.2) is 8.42 Å². The first kappa shape index (κ1) is 17.5. The molecular weight excluding hydrogens is 320 g/mol. The summed E-state index contributed by atoms with van der Waals surface area (Å²) in [6.07, 6.45) is 3.16. The maximum absolute atomic E-state index is 12.5. The van der Waals surface area contributed by atoms with E-state index in [0.717, 1.165) is 0 Å². The van der Waals surface area contributed by atoms with Crippen LogP contribution in [0.1, 0.15) is 10.6 Å². The van der Waals surface area contributed by atoms with E-state index >= 15 is 0 Å². The summed E-state index contributed by atoms with van der Waals surface area (Å²) >= 11 is 0. The van der Waals surface area contributed by atoms with Crippen LogP contribution >= 0.6 is 0 Å². The zero-order chi connectivity index (χ0) is 16.9. The normalized spacial score (nSPS) is 16.0. The molecule has 7 nitrogen and oxygen atoms in total. The van der Waals surface area contributed by atoms with Gasteiger partial charge in [-0.2, -0.15) is 4.31 Å². The van der Waals surface area contributed by atoms with Crippen molar-refractivity contribution in [2.24, 2.45) is 0 Å². The minimum Gasteiger partial charge on any atom is -0.438 e. The third kappa shape index (κ3) is 3.90. The first-order valence-electron chi connectivity index (χ1n) is 7.19. The van der Waals surface area contributed by atoms with Crippen LogP contribution in [0.4, 0.5) is 0 Å². The van der Waals surface area contributed by atoms with Gasteiger partial charge in [-0.05, 0) is 12.1 Å². The Balaban J connectivity index is 2.20. The first-order chi connectivity index (χ1) is 11.0. The maximum Gasteiger partial charge on any atom is 0.290 e. The number of sulfonamides is 1. The molecule has 0 aliphatic carbocycles. The lowest BCUT2D eigenvalue weighted by Crippen LogP contribution is -2.40. The molecule has 0 bridgehead atoms. The average Bonchev–Trinajstić information content (AvgIpc) is 3.05. The number of nitrogens with zero attached hydrogens (tertiary/aromatic N) is 2. The van der Waals surface area contributed by atoms with E-state index in [9.17, 15) is 13.2 Å². The Labute approximate surface area is 135 Å². The van der Waals surface area contributed by atoms with Crippen LogP contribution in [0.25, 0.3) is 0 Å². The van der Waals surface area contributed by atoms with Gasteiger partial charge in [0.2, 0.25) is 5.09 Å². The molecule has 2 heterocycles. The molecule has 2 rings (SSSR count). The first-order valence-corrected chi connectivity index (χ1v) is 8.63. The molecule has 126 valence electrons. The van der Waals surface area contributed by atoms with Crippen molar-refractivity contribution in [1.29, 1.82) is 0 Å². The van der Waals surface area contributed by atoms with Crippen LogP contribution in [0.5, 0.6) is 0 Å².